The van der Waals surface area contributed by atoms with E-state index >= 15 is 0 Å². The van der Waals surface area contributed by atoms with E-state index in [0.29, 0.717) is 18.1 Å². The fraction of sp³-hybridized carbons (Fsp3) is 0.467. The summed E-state index contributed by atoms with van der Waals surface area (Å²) < 4.78 is 1.90. The van der Waals surface area contributed by atoms with E-state index in [1.165, 1.54) is 0 Å². The van der Waals surface area contributed by atoms with Crippen LogP contribution in [0.2, 0.25) is 5.02 Å². The fourth-order valence-electron chi connectivity index (χ4n) is 2.17. The van der Waals surface area contributed by atoms with Gasteiger partial charge in [0, 0.05) is 25.0 Å². The predicted molar refractivity (Wildman–Crippen MR) is 84.4 cm³/mol. The molecule has 6 heteroatoms. The molecule has 2 rings (SSSR count). The maximum Gasteiger partial charge on any atom is 0.234 e. The largest absolute Gasteiger partial charge is 0.353 e. The highest BCUT2D eigenvalue weighted by Crippen LogP contribution is 2.12. The number of halogens is 1. The van der Waals surface area contributed by atoms with Gasteiger partial charge in [-0.25, -0.2) is 4.98 Å². The maximum absolute atomic E-state index is 11.8. The monoisotopic (exact) mass is 308 g/mol. The number of amides is 1. The lowest BCUT2D eigenvalue weighted by atomic mass is 10.3. The summed E-state index contributed by atoms with van der Waals surface area (Å²) in [5.74, 6) is 0.0404. The molecule has 2 aromatic heterocycles. The standard InChI is InChI=1S/C15H21ClN4O/c1-4-19(10-15(21)17-11(2)3)8-13-9-20-7-12(16)5-6-14(20)18-13/h5-7,9,11H,4,8,10H2,1-3H3,(H,17,21). The number of nitrogens with one attached hydrogen (secondary N) is 1. The summed E-state index contributed by atoms with van der Waals surface area (Å²) in [5.41, 5.74) is 1.79. The van der Waals surface area contributed by atoms with Crippen LogP contribution < -0.4 is 5.32 Å². The quantitative estimate of drug-likeness (QED) is 0.891. The molecular weight excluding hydrogens is 288 g/mol. The SMILES string of the molecule is CCN(CC(=O)NC(C)C)Cc1cn2cc(Cl)ccc2n1. The van der Waals surface area contributed by atoms with Gasteiger partial charge in [0.1, 0.15) is 5.65 Å². The molecule has 1 N–H and O–H groups in total. The average Bonchev–Trinajstić information content (AvgIpc) is 2.78. The highest BCUT2D eigenvalue weighted by atomic mass is 35.5. The zero-order chi connectivity index (χ0) is 15.4. The Hall–Kier alpha value is -1.59. The van der Waals surface area contributed by atoms with Crippen LogP contribution in [-0.4, -0.2) is 39.3 Å². The first kappa shape index (κ1) is 15.8. The average molecular weight is 309 g/mol. The Morgan fingerprint density at radius 2 is 2.19 bits per heavy atom. The molecule has 0 saturated heterocycles. The lowest BCUT2D eigenvalue weighted by Crippen LogP contribution is -2.39. The normalized spacial score (nSPS) is 11.5. The topological polar surface area (TPSA) is 49.6 Å². The van der Waals surface area contributed by atoms with Crippen LogP contribution in [0.15, 0.2) is 24.5 Å². The molecule has 0 fully saturated rings. The van der Waals surface area contributed by atoms with Crippen molar-refractivity contribution in [3.05, 3.63) is 35.2 Å². The first-order valence-electron chi connectivity index (χ1n) is 7.12. The minimum atomic E-state index is 0.0404. The minimum absolute atomic E-state index is 0.0404. The highest BCUT2D eigenvalue weighted by molar-refractivity contribution is 6.30. The summed E-state index contributed by atoms with van der Waals surface area (Å²) in [6, 6.07) is 3.86. The van der Waals surface area contributed by atoms with Gasteiger partial charge >= 0.3 is 0 Å². The van der Waals surface area contributed by atoms with E-state index in [0.717, 1.165) is 17.9 Å². The van der Waals surface area contributed by atoms with Gasteiger partial charge in [0.15, 0.2) is 0 Å². The molecule has 5 nitrogen and oxygen atoms in total. The van der Waals surface area contributed by atoms with E-state index in [-0.39, 0.29) is 11.9 Å². The first-order chi connectivity index (χ1) is 9.97. The number of hydrogen-bond acceptors (Lipinski definition) is 3. The second-order valence-electron chi connectivity index (χ2n) is 5.37. The van der Waals surface area contributed by atoms with Crippen LogP contribution in [0, 0.1) is 0 Å². The Balaban J connectivity index is 2.04. The third-order valence-corrected chi connectivity index (χ3v) is 3.34. The van der Waals surface area contributed by atoms with Crippen molar-refractivity contribution in [3.63, 3.8) is 0 Å². The Kier molecular flexibility index (Phi) is 5.20. The van der Waals surface area contributed by atoms with Crippen LogP contribution in [0.4, 0.5) is 0 Å². The molecule has 0 bridgehead atoms. The number of fused-ring (bicyclic) bond motifs is 1. The second kappa shape index (κ2) is 6.91. The van der Waals surface area contributed by atoms with Crippen LogP contribution in [-0.2, 0) is 11.3 Å². The van der Waals surface area contributed by atoms with E-state index in [1.807, 2.05) is 49.7 Å². The second-order valence-corrected chi connectivity index (χ2v) is 5.81. The molecule has 21 heavy (non-hydrogen) atoms. The minimum Gasteiger partial charge on any atom is -0.353 e. The van der Waals surface area contributed by atoms with Crippen molar-refractivity contribution in [1.82, 2.24) is 19.6 Å². The number of nitrogens with zero attached hydrogens (tertiary/aromatic N) is 3. The number of carbonyl (C=O) groups is 1. The lowest BCUT2D eigenvalue weighted by molar-refractivity contribution is -0.122. The third-order valence-electron chi connectivity index (χ3n) is 3.11. The number of pyridine rings is 1. The molecule has 0 unspecified atom stereocenters. The molecule has 0 aliphatic heterocycles. The summed E-state index contributed by atoms with van der Waals surface area (Å²) in [7, 11) is 0. The van der Waals surface area contributed by atoms with Gasteiger partial charge in [-0.2, -0.15) is 0 Å². The molecule has 2 aromatic rings. The van der Waals surface area contributed by atoms with E-state index in [1.54, 1.807) is 0 Å². The number of aromatic nitrogens is 2. The van der Waals surface area contributed by atoms with Crippen LogP contribution >= 0.6 is 11.6 Å². The lowest BCUT2D eigenvalue weighted by Gasteiger charge is -2.19. The number of rotatable bonds is 6. The Morgan fingerprint density at radius 1 is 1.43 bits per heavy atom. The summed E-state index contributed by atoms with van der Waals surface area (Å²) >= 11 is 5.97. The summed E-state index contributed by atoms with van der Waals surface area (Å²) in [4.78, 5) is 18.4. The van der Waals surface area contributed by atoms with Crippen molar-refractivity contribution in [2.75, 3.05) is 13.1 Å². The fourth-order valence-corrected chi connectivity index (χ4v) is 2.34. The highest BCUT2D eigenvalue weighted by Gasteiger charge is 2.12. The van der Waals surface area contributed by atoms with Crippen molar-refractivity contribution in [2.24, 2.45) is 0 Å². The molecule has 1 amide bonds. The molecule has 0 atom stereocenters. The van der Waals surface area contributed by atoms with Crippen molar-refractivity contribution in [3.8, 4) is 0 Å². The van der Waals surface area contributed by atoms with E-state index in [9.17, 15) is 4.79 Å². The van der Waals surface area contributed by atoms with E-state index < -0.39 is 0 Å². The molecular formula is C15H21ClN4O. The van der Waals surface area contributed by atoms with Gasteiger partial charge in [-0.05, 0) is 32.5 Å². The molecule has 0 radical (unpaired) electrons. The molecule has 0 spiro atoms. The van der Waals surface area contributed by atoms with Gasteiger partial charge in [0.05, 0.1) is 17.3 Å². The van der Waals surface area contributed by atoms with Gasteiger partial charge in [0.25, 0.3) is 0 Å². The van der Waals surface area contributed by atoms with Gasteiger partial charge in [-0.3, -0.25) is 9.69 Å². The Bertz CT molecular complexity index is 623. The van der Waals surface area contributed by atoms with E-state index in [2.05, 4.69) is 15.2 Å². The number of hydrogen-bond donors (Lipinski definition) is 1. The van der Waals surface area contributed by atoms with Crippen molar-refractivity contribution in [1.29, 1.82) is 0 Å². The van der Waals surface area contributed by atoms with Crippen LogP contribution in [0.3, 0.4) is 0 Å². The van der Waals surface area contributed by atoms with E-state index in [4.69, 9.17) is 11.6 Å². The zero-order valence-corrected chi connectivity index (χ0v) is 13.4. The Labute approximate surface area is 129 Å². The molecule has 0 saturated carbocycles. The molecule has 2 heterocycles. The first-order valence-corrected chi connectivity index (χ1v) is 7.50. The van der Waals surface area contributed by atoms with Crippen LogP contribution in [0.1, 0.15) is 26.5 Å². The van der Waals surface area contributed by atoms with Gasteiger partial charge in [-0.15, -0.1) is 0 Å². The van der Waals surface area contributed by atoms with Gasteiger partial charge in [-0.1, -0.05) is 18.5 Å². The van der Waals surface area contributed by atoms with Crippen LogP contribution in [0.5, 0.6) is 0 Å². The van der Waals surface area contributed by atoms with Gasteiger partial charge < -0.3 is 9.72 Å². The van der Waals surface area contributed by atoms with Gasteiger partial charge in [0.2, 0.25) is 5.91 Å². The van der Waals surface area contributed by atoms with Crippen molar-refractivity contribution in [2.45, 2.75) is 33.4 Å². The molecule has 0 aliphatic rings. The molecule has 114 valence electrons. The molecule has 0 aromatic carbocycles. The molecule has 0 aliphatic carbocycles. The summed E-state index contributed by atoms with van der Waals surface area (Å²) in [6.07, 6.45) is 3.78. The third kappa shape index (κ3) is 4.44. The van der Waals surface area contributed by atoms with Crippen LogP contribution in [0.25, 0.3) is 5.65 Å². The number of carbonyl (C=O) groups excluding carboxylic acids is 1. The smallest absolute Gasteiger partial charge is 0.234 e. The van der Waals surface area contributed by atoms with Crippen molar-refractivity contribution < 1.29 is 4.79 Å². The summed E-state index contributed by atoms with van der Waals surface area (Å²) in [5, 5.41) is 3.58. The van der Waals surface area contributed by atoms with Crippen molar-refractivity contribution >= 4 is 23.2 Å². The zero-order valence-electron chi connectivity index (χ0n) is 12.6. The predicted octanol–water partition coefficient (Wildman–Crippen LogP) is 2.33. The number of imidazole rings is 1. The number of likely N-dealkylation sites (N-methyl/N-ethyl adjacent to an activating group) is 1. The maximum atomic E-state index is 11.8. The summed E-state index contributed by atoms with van der Waals surface area (Å²) in [6.45, 7) is 7.76. The Morgan fingerprint density at radius 3 is 2.86 bits per heavy atom.